The third-order valence-corrected chi connectivity index (χ3v) is 4.84. The van der Waals surface area contributed by atoms with Gasteiger partial charge in [-0.15, -0.1) is 0 Å². The maximum absolute atomic E-state index is 12.3. The van der Waals surface area contributed by atoms with Gasteiger partial charge < -0.3 is 15.5 Å². The van der Waals surface area contributed by atoms with Gasteiger partial charge in [-0.1, -0.05) is 40.9 Å². The molecule has 2 aromatic rings. The summed E-state index contributed by atoms with van der Waals surface area (Å²) in [6, 6.07) is 11.3. The van der Waals surface area contributed by atoms with E-state index in [-0.39, 0.29) is 18.4 Å². The number of carbonyl (C=O) groups is 2. The summed E-state index contributed by atoms with van der Waals surface area (Å²) in [5.41, 5.74) is 1.16. The van der Waals surface area contributed by atoms with Gasteiger partial charge in [0.1, 0.15) is 0 Å². The Kier molecular flexibility index (Phi) is 7.29. The molecule has 0 spiro atoms. The van der Waals surface area contributed by atoms with E-state index in [4.69, 9.17) is 34.8 Å². The lowest BCUT2D eigenvalue weighted by atomic mass is 10.2. The van der Waals surface area contributed by atoms with Crippen LogP contribution in [-0.4, -0.2) is 31.4 Å². The number of quaternary nitrogens is 1. The van der Waals surface area contributed by atoms with Crippen LogP contribution in [0.15, 0.2) is 42.5 Å². The molecule has 2 aromatic carbocycles. The van der Waals surface area contributed by atoms with Crippen molar-refractivity contribution in [2.75, 3.05) is 24.2 Å². The highest BCUT2D eigenvalue weighted by Gasteiger charge is 2.24. The summed E-state index contributed by atoms with van der Waals surface area (Å²) in [4.78, 5) is 25.3. The molecule has 0 bridgehead atoms. The van der Waals surface area contributed by atoms with Gasteiger partial charge in [0.2, 0.25) is 0 Å². The predicted molar refractivity (Wildman–Crippen MR) is 106 cm³/mol. The fraction of sp³-hybridized carbons (Fsp3) is 0.222. The van der Waals surface area contributed by atoms with Gasteiger partial charge in [0, 0.05) is 16.4 Å². The van der Waals surface area contributed by atoms with E-state index in [9.17, 15) is 9.59 Å². The van der Waals surface area contributed by atoms with Crippen LogP contribution in [0.5, 0.6) is 0 Å². The molecule has 26 heavy (non-hydrogen) atoms. The van der Waals surface area contributed by atoms with Gasteiger partial charge in [0.05, 0.1) is 17.1 Å². The SMILES string of the molecule is C[C@H](C(=O)Nc1cccc(Cl)c1)[NH+](C)CC(=O)Nc1ccc(Cl)c(Cl)c1. The molecule has 3 N–H and O–H groups in total. The van der Waals surface area contributed by atoms with Gasteiger partial charge >= 0.3 is 0 Å². The monoisotopic (exact) mass is 414 g/mol. The van der Waals surface area contributed by atoms with E-state index in [2.05, 4.69) is 10.6 Å². The highest BCUT2D eigenvalue weighted by molar-refractivity contribution is 6.42. The molecule has 0 radical (unpaired) electrons. The third kappa shape index (κ3) is 5.88. The number of hydrogen-bond donors (Lipinski definition) is 3. The normalized spacial score (nSPS) is 13.0. The number of benzene rings is 2. The highest BCUT2D eigenvalue weighted by atomic mass is 35.5. The van der Waals surface area contributed by atoms with Crippen LogP contribution in [0, 0.1) is 0 Å². The summed E-state index contributed by atoms with van der Waals surface area (Å²) in [5, 5.41) is 6.85. The van der Waals surface area contributed by atoms with E-state index >= 15 is 0 Å². The molecular weight excluding hydrogens is 397 g/mol. The van der Waals surface area contributed by atoms with Gasteiger partial charge in [0.15, 0.2) is 12.6 Å². The molecule has 0 heterocycles. The lowest BCUT2D eigenvalue weighted by molar-refractivity contribution is -0.885. The van der Waals surface area contributed by atoms with Crippen LogP contribution in [0.3, 0.4) is 0 Å². The molecule has 5 nitrogen and oxygen atoms in total. The van der Waals surface area contributed by atoms with Crippen LogP contribution in [0.1, 0.15) is 6.92 Å². The number of anilines is 2. The fourth-order valence-corrected chi connectivity index (χ4v) is 2.71. The van der Waals surface area contributed by atoms with Gasteiger partial charge in [-0.2, -0.15) is 0 Å². The van der Waals surface area contributed by atoms with Crippen molar-refractivity contribution in [2.45, 2.75) is 13.0 Å². The Hall–Kier alpha value is -1.79. The smallest absolute Gasteiger partial charge is 0.282 e. The Bertz CT molecular complexity index is 814. The molecule has 0 fully saturated rings. The molecule has 0 aliphatic rings. The van der Waals surface area contributed by atoms with E-state index in [1.54, 1.807) is 56.4 Å². The highest BCUT2D eigenvalue weighted by Crippen LogP contribution is 2.24. The molecule has 0 aromatic heterocycles. The molecule has 2 rings (SSSR count). The number of rotatable bonds is 6. The maximum Gasteiger partial charge on any atom is 0.282 e. The first-order chi connectivity index (χ1) is 12.3. The molecule has 1 unspecified atom stereocenters. The van der Waals surface area contributed by atoms with Crippen molar-refractivity contribution >= 4 is 58.0 Å². The van der Waals surface area contributed by atoms with Crippen LogP contribution in [0.4, 0.5) is 11.4 Å². The first-order valence-electron chi connectivity index (χ1n) is 7.90. The molecule has 0 saturated heterocycles. The summed E-state index contributed by atoms with van der Waals surface area (Å²) in [5.74, 6) is -0.435. The Morgan fingerprint density at radius 3 is 2.35 bits per heavy atom. The quantitative estimate of drug-likeness (QED) is 0.679. The first-order valence-corrected chi connectivity index (χ1v) is 9.03. The van der Waals surface area contributed by atoms with Crippen molar-refractivity contribution in [2.24, 2.45) is 0 Å². The second kappa shape index (κ2) is 9.24. The van der Waals surface area contributed by atoms with Crippen LogP contribution >= 0.6 is 34.8 Å². The van der Waals surface area contributed by atoms with Crippen molar-refractivity contribution in [1.29, 1.82) is 0 Å². The zero-order valence-corrected chi connectivity index (χ0v) is 16.5. The molecular formula is C18H19Cl3N3O2+. The van der Waals surface area contributed by atoms with Gasteiger partial charge in [-0.3, -0.25) is 9.59 Å². The molecule has 0 aliphatic heterocycles. The number of nitrogens with one attached hydrogen (secondary N) is 3. The Morgan fingerprint density at radius 2 is 1.69 bits per heavy atom. The standard InChI is InChI=1S/C18H18Cl3N3O2/c1-11(18(26)23-13-5-3-4-12(19)8-13)24(2)10-17(25)22-14-6-7-15(20)16(21)9-14/h3-9,11H,10H2,1-2H3,(H,22,25)(H,23,26)/p+1/t11-/m1/s1. The van der Waals surface area contributed by atoms with E-state index in [0.717, 1.165) is 4.90 Å². The largest absolute Gasteiger partial charge is 0.321 e. The average Bonchev–Trinajstić information content (AvgIpc) is 2.57. The lowest BCUT2D eigenvalue weighted by Gasteiger charge is -2.20. The minimum atomic E-state index is -0.437. The van der Waals surface area contributed by atoms with Crippen molar-refractivity contribution in [3.05, 3.63) is 57.5 Å². The second-order valence-corrected chi connectivity index (χ2v) is 7.17. The van der Waals surface area contributed by atoms with Crippen molar-refractivity contribution in [3.63, 3.8) is 0 Å². The Morgan fingerprint density at radius 1 is 1.00 bits per heavy atom. The molecule has 2 amide bonds. The van der Waals surface area contributed by atoms with E-state index in [1.165, 1.54) is 0 Å². The summed E-state index contributed by atoms with van der Waals surface area (Å²) in [6.07, 6.45) is 0. The number of likely N-dealkylation sites (N-methyl/N-ethyl adjacent to an activating group) is 1. The molecule has 0 aliphatic carbocycles. The van der Waals surface area contributed by atoms with Crippen molar-refractivity contribution in [1.82, 2.24) is 0 Å². The number of hydrogen-bond acceptors (Lipinski definition) is 2. The van der Waals surface area contributed by atoms with E-state index in [1.807, 2.05) is 0 Å². The summed E-state index contributed by atoms with van der Waals surface area (Å²) in [6.45, 7) is 1.87. The summed E-state index contributed by atoms with van der Waals surface area (Å²) >= 11 is 17.7. The Balaban J connectivity index is 1.90. The third-order valence-electron chi connectivity index (χ3n) is 3.87. The maximum atomic E-state index is 12.3. The first kappa shape index (κ1) is 20.5. The Labute approximate surface area is 167 Å². The molecule has 138 valence electrons. The average molecular weight is 416 g/mol. The fourth-order valence-electron chi connectivity index (χ4n) is 2.23. The van der Waals surface area contributed by atoms with Gasteiger partial charge in [-0.25, -0.2) is 0 Å². The van der Waals surface area contributed by atoms with Crippen LogP contribution in [0.2, 0.25) is 15.1 Å². The van der Waals surface area contributed by atoms with Gasteiger partial charge in [0.25, 0.3) is 11.8 Å². The van der Waals surface area contributed by atoms with Crippen LogP contribution < -0.4 is 15.5 Å². The molecule has 2 atom stereocenters. The van der Waals surface area contributed by atoms with Crippen LogP contribution in [-0.2, 0) is 9.59 Å². The minimum Gasteiger partial charge on any atom is -0.321 e. The molecule has 8 heteroatoms. The van der Waals surface area contributed by atoms with Gasteiger partial charge in [-0.05, 0) is 43.3 Å². The van der Waals surface area contributed by atoms with Crippen molar-refractivity contribution < 1.29 is 14.5 Å². The number of carbonyl (C=O) groups excluding carboxylic acids is 2. The van der Waals surface area contributed by atoms with Crippen LogP contribution in [0.25, 0.3) is 0 Å². The topological polar surface area (TPSA) is 62.6 Å². The molecule has 0 saturated carbocycles. The number of halogens is 3. The lowest BCUT2D eigenvalue weighted by Crippen LogP contribution is -3.14. The predicted octanol–water partition coefficient (Wildman–Crippen LogP) is 3.13. The summed E-state index contributed by atoms with van der Waals surface area (Å²) in [7, 11) is 1.77. The second-order valence-electron chi connectivity index (χ2n) is 5.92. The summed E-state index contributed by atoms with van der Waals surface area (Å²) < 4.78 is 0. The van der Waals surface area contributed by atoms with E-state index < -0.39 is 6.04 Å². The van der Waals surface area contributed by atoms with Crippen molar-refractivity contribution in [3.8, 4) is 0 Å². The van der Waals surface area contributed by atoms with E-state index in [0.29, 0.717) is 26.4 Å². The minimum absolute atomic E-state index is 0.115. The zero-order chi connectivity index (χ0) is 19.3. The number of amides is 2. The zero-order valence-electron chi connectivity index (χ0n) is 14.3.